The van der Waals surface area contributed by atoms with Crippen LogP contribution in [-0.2, 0) is 10.7 Å². The van der Waals surface area contributed by atoms with E-state index in [0.717, 1.165) is 11.3 Å². The molecule has 0 amide bonds. The summed E-state index contributed by atoms with van der Waals surface area (Å²) >= 11 is 15.3. The second kappa shape index (κ2) is 7.01. The van der Waals surface area contributed by atoms with Crippen LogP contribution in [0.3, 0.4) is 0 Å². The largest absolute Gasteiger partial charge is 0.400 e. The van der Waals surface area contributed by atoms with Gasteiger partial charge in [0.25, 0.3) is 0 Å². The summed E-state index contributed by atoms with van der Waals surface area (Å²) in [6, 6.07) is 11.7. The van der Waals surface area contributed by atoms with Crippen molar-refractivity contribution < 1.29 is 13.2 Å². The minimum atomic E-state index is -4.40. The highest BCUT2D eigenvalue weighted by Gasteiger charge is 2.59. The van der Waals surface area contributed by atoms with Gasteiger partial charge >= 0.3 is 6.18 Å². The molecule has 25 heavy (non-hydrogen) atoms. The van der Waals surface area contributed by atoms with Gasteiger partial charge in [0.1, 0.15) is 5.41 Å². The zero-order chi connectivity index (χ0) is 18.2. The van der Waals surface area contributed by atoms with Gasteiger partial charge in [-0.2, -0.15) is 13.2 Å². The summed E-state index contributed by atoms with van der Waals surface area (Å²) in [7, 11) is 0. The minimum absolute atomic E-state index is 0.0344. The van der Waals surface area contributed by atoms with Gasteiger partial charge < -0.3 is 4.90 Å². The Hall–Kier alpha value is -0.910. The molecule has 0 N–H and O–H groups in total. The smallest absolute Gasteiger partial charge is 0.370 e. The lowest BCUT2D eigenvalue weighted by atomic mass is 9.79. The summed E-state index contributed by atoms with van der Waals surface area (Å²) in [6.45, 7) is 0.165. The summed E-state index contributed by atoms with van der Waals surface area (Å²) in [5.74, 6) is 0. The van der Waals surface area contributed by atoms with Crippen LogP contribution in [0.4, 0.5) is 18.9 Å². The molecule has 3 rings (SSSR count). The van der Waals surface area contributed by atoms with Gasteiger partial charge in [-0.1, -0.05) is 51.3 Å². The van der Waals surface area contributed by atoms with Crippen LogP contribution in [0.2, 0.25) is 10.0 Å². The number of hydrogen-bond acceptors (Lipinski definition) is 1. The van der Waals surface area contributed by atoms with E-state index >= 15 is 0 Å². The van der Waals surface area contributed by atoms with Crippen molar-refractivity contribution in [1.29, 1.82) is 0 Å². The maximum absolute atomic E-state index is 14.1. The summed E-state index contributed by atoms with van der Waals surface area (Å²) in [5.41, 5.74) is 0.00278. The number of halogens is 6. The van der Waals surface area contributed by atoms with Crippen LogP contribution in [0.5, 0.6) is 0 Å². The Morgan fingerprint density at radius 1 is 1.04 bits per heavy atom. The quantitative estimate of drug-likeness (QED) is 0.474. The molecule has 0 spiro atoms. The molecule has 2 aromatic rings. The molecule has 1 atom stereocenters. The van der Waals surface area contributed by atoms with Gasteiger partial charge in [0.15, 0.2) is 0 Å². The number of anilines is 1. The standard InChI is InChI=1S/C18H15BrCl2F3N/c19-10-12-1-3-16(4-2-12)25-6-5-17(11-25,18(22,23)24)13-7-14(20)9-15(21)8-13/h1-4,7-9H,5-6,10-11H2. The van der Waals surface area contributed by atoms with Crippen molar-refractivity contribution >= 4 is 44.8 Å². The first kappa shape index (κ1) is 18.9. The first-order valence-electron chi connectivity index (χ1n) is 7.68. The topological polar surface area (TPSA) is 3.24 Å². The highest BCUT2D eigenvalue weighted by Crippen LogP contribution is 2.49. The van der Waals surface area contributed by atoms with E-state index < -0.39 is 11.6 Å². The fourth-order valence-corrected chi connectivity index (χ4v) is 4.19. The van der Waals surface area contributed by atoms with Gasteiger partial charge in [-0.25, -0.2) is 0 Å². The van der Waals surface area contributed by atoms with Crippen LogP contribution in [0.15, 0.2) is 42.5 Å². The average molecular weight is 453 g/mol. The van der Waals surface area contributed by atoms with Gasteiger partial charge in [-0.15, -0.1) is 0 Å². The van der Waals surface area contributed by atoms with Gasteiger partial charge in [-0.3, -0.25) is 0 Å². The lowest BCUT2D eigenvalue weighted by molar-refractivity contribution is -0.184. The molecule has 1 heterocycles. The van der Waals surface area contributed by atoms with E-state index in [1.54, 1.807) is 4.90 Å². The fourth-order valence-electron chi connectivity index (χ4n) is 3.29. The molecule has 1 fully saturated rings. The Morgan fingerprint density at radius 2 is 1.64 bits per heavy atom. The monoisotopic (exact) mass is 451 g/mol. The normalized spacial score (nSPS) is 21.0. The Balaban J connectivity index is 1.98. The third-order valence-corrected chi connectivity index (χ3v) is 5.77. The third kappa shape index (κ3) is 3.64. The molecule has 0 aliphatic carbocycles. The molecule has 134 valence electrons. The lowest BCUT2D eigenvalue weighted by Crippen LogP contribution is -2.44. The van der Waals surface area contributed by atoms with Crippen LogP contribution in [0.1, 0.15) is 17.5 Å². The van der Waals surface area contributed by atoms with Crippen molar-refractivity contribution in [2.45, 2.75) is 23.3 Å². The van der Waals surface area contributed by atoms with Gasteiger partial charge in [0, 0.05) is 34.2 Å². The van der Waals surface area contributed by atoms with Gasteiger partial charge in [-0.05, 0) is 47.9 Å². The fraction of sp³-hybridized carbons (Fsp3) is 0.333. The van der Waals surface area contributed by atoms with Gasteiger partial charge in [0.05, 0.1) is 0 Å². The predicted octanol–water partition coefficient (Wildman–Crippen LogP) is 6.60. The molecule has 0 bridgehead atoms. The summed E-state index contributed by atoms with van der Waals surface area (Å²) < 4.78 is 42.2. The van der Waals surface area contributed by atoms with Crippen molar-refractivity contribution in [3.8, 4) is 0 Å². The molecule has 1 aliphatic heterocycles. The predicted molar refractivity (Wildman–Crippen MR) is 100 cm³/mol. The van der Waals surface area contributed by atoms with E-state index in [9.17, 15) is 13.2 Å². The van der Waals surface area contributed by atoms with Crippen molar-refractivity contribution in [3.63, 3.8) is 0 Å². The van der Waals surface area contributed by atoms with Crippen LogP contribution >= 0.6 is 39.1 Å². The molecular weight excluding hydrogens is 438 g/mol. The summed E-state index contributed by atoms with van der Waals surface area (Å²) in [6.07, 6.45) is -4.43. The van der Waals surface area contributed by atoms with Crippen LogP contribution in [-0.4, -0.2) is 19.3 Å². The summed E-state index contributed by atoms with van der Waals surface area (Å²) in [4.78, 5) is 1.76. The highest BCUT2D eigenvalue weighted by molar-refractivity contribution is 9.08. The Kier molecular flexibility index (Phi) is 5.29. The molecule has 0 saturated carbocycles. The molecule has 0 radical (unpaired) electrons. The molecule has 1 unspecified atom stereocenters. The second-order valence-corrected chi connectivity index (χ2v) is 7.64. The maximum atomic E-state index is 14.1. The Morgan fingerprint density at radius 3 is 2.16 bits per heavy atom. The molecular formula is C18H15BrCl2F3N. The number of benzene rings is 2. The van der Waals surface area contributed by atoms with E-state index in [1.165, 1.54) is 18.2 Å². The number of hydrogen-bond donors (Lipinski definition) is 0. The van der Waals surface area contributed by atoms with Gasteiger partial charge in [0.2, 0.25) is 0 Å². The van der Waals surface area contributed by atoms with Crippen molar-refractivity contribution in [1.82, 2.24) is 0 Å². The second-order valence-electron chi connectivity index (χ2n) is 6.21. The van der Waals surface area contributed by atoms with E-state index in [1.807, 2.05) is 24.3 Å². The van der Waals surface area contributed by atoms with E-state index in [0.29, 0.717) is 11.9 Å². The third-order valence-electron chi connectivity index (χ3n) is 4.68. The molecule has 1 nitrogen and oxygen atoms in total. The average Bonchev–Trinajstić information content (AvgIpc) is 3.00. The zero-order valence-electron chi connectivity index (χ0n) is 13.1. The van der Waals surface area contributed by atoms with Crippen molar-refractivity contribution in [2.24, 2.45) is 0 Å². The van der Waals surface area contributed by atoms with Crippen LogP contribution < -0.4 is 4.90 Å². The van der Waals surface area contributed by atoms with Crippen molar-refractivity contribution in [2.75, 3.05) is 18.0 Å². The Bertz CT molecular complexity index is 744. The maximum Gasteiger partial charge on any atom is 0.400 e. The number of alkyl halides is 4. The highest BCUT2D eigenvalue weighted by atomic mass is 79.9. The zero-order valence-corrected chi connectivity index (χ0v) is 16.2. The molecule has 7 heteroatoms. The number of rotatable bonds is 3. The van der Waals surface area contributed by atoms with E-state index in [4.69, 9.17) is 23.2 Å². The van der Waals surface area contributed by atoms with Crippen molar-refractivity contribution in [3.05, 3.63) is 63.6 Å². The van der Waals surface area contributed by atoms with E-state index in [2.05, 4.69) is 15.9 Å². The van der Waals surface area contributed by atoms with E-state index in [-0.39, 0.29) is 28.6 Å². The summed E-state index contributed by atoms with van der Waals surface area (Å²) in [5, 5.41) is 1.14. The number of nitrogens with zero attached hydrogens (tertiary/aromatic N) is 1. The van der Waals surface area contributed by atoms with Crippen LogP contribution in [0.25, 0.3) is 0 Å². The molecule has 1 saturated heterocycles. The molecule has 2 aromatic carbocycles. The Labute approximate surface area is 162 Å². The first-order chi connectivity index (χ1) is 11.7. The SMILES string of the molecule is FC(F)(F)C1(c2cc(Cl)cc(Cl)c2)CCN(c2ccc(CBr)cc2)C1. The first-order valence-corrected chi connectivity index (χ1v) is 9.56. The van der Waals surface area contributed by atoms with Crippen LogP contribution in [0, 0.1) is 0 Å². The molecule has 0 aromatic heterocycles. The molecule has 1 aliphatic rings. The minimum Gasteiger partial charge on any atom is -0.370 e. The lowest BCUT2D eigenvalue weighted by Gasteiger charge is -2.33.